The predicted molar refractivity (Wildman–Crippen MR) is 95.9 cm³/mol. The lowest BCUT2D eigenvalue weighted by Crippen LogP contribution is -2.54. The lowest BCUT2D eigenvalue weighted by atomic mass is 10.0. The molecule has 4 rings (SSSR count). The number of fused-ring (bicyclic) bond motifs is 1. The molecule has 0 aliphatic carbocycles. The van der Waals surface area contributed by atoms with Crippen molar-refractivity contribution in [1.82, 2.24) is 15.1 Å². The molecule has 4 amide bonds. The van der Waals surface area contributed by atoms with Gasteiger partial charge in [0.05, 0.1) is 11.1 Å². The number of likely N-dealkylation sites (tertiary alicyclic amines) is 1. The minimum Gasteiger partial charge on any atom is -0.326 e. The van der Waals surface area contributed by atoms with Gasteiger partial charge in [-0.3, -0.25) is 34.3 Å². The number of rotatable bonds is 4. The Bertz CT molecular complexity index is 906. The molecule has 0 radical (unpaired) electrons. The van der Waals surface area contributed by atoms with Gasteiger partial charge in [0.1, 0.15) is 6.04 Å². The van der Waals surface area contributed by atoms with Crippen LogP contribution < -0.4 is 11.1 Å². The van der Waals surface area contributed by atoms with Crippen LogP contribution in [0.25, 0.3) is 0 Å². The van der Waals surface area contributed by atoms with E-state index in [0.717, 1.165) is 4.90 Å². The minimum absolute atomic E-state index is 0.0512. The number of nitrogens with one attached hydrogen (secondary N) is 1. The Hall–Kier alpha value is -2.72. The smallest absolute Gasteiger partial charge is 0.262 e. The molecule has 0 saturated carbocycles. The summed E-state index contributed by atoms with van der Waals surface area (Å²) >= 11 is 0. The molecule has 3 aliphatic rings. The largest absolute Gasteiger partial charge is 0.326 e. The molecule has 2 fully saturated rings. The molecule has 154 valence electrons. The summed E-state index contributed by atoms with van der Waals surface area (Å²) in [5.41, 5.74) is 6.84. The molecule has 3 atom stereocenters. The van der Waals surface area contributed by atoms with Crippen molar-refractivity contribution < 1.29 is 28.0 Å². The van der Waals surface area contributed by atoms with E-state index < -0.39 is 48.1 Å². The number of nitrogens with two attached hydrogens (primary N) is 1. The highest BCUT2D eigenvalue weighted by molar-refractivity contribution is 6.23. The van der Waals surface area contributed by atoms with Gasteiger partial charge in [-0.15, -0.1) is 0 Å². The summed E-state index contributed by atoms with van der Waals surface area (Å²) in [7, 11) is 0. The molecule has 1 aromatic rings. The maximum atomic E-state index is 13.0. The summed E-state index contributed by atoms with van der Waals surface area (Å²) in [5, 5.41) is 2.15. The van der Waals surface area contributed by atoms with Gasteiger partial charge < -0.3 is 5.73 Å². The second-order valence-electron chi connectivity index (χ2n) is 7.68. The lowest BCUT2D eigenvalue weighted by molar-refractivity contribution is -0.136. The molecule has 2 saturated heterocycles. The van der Waals surface area contributed by atoms with Crippen LogP contribution in [0.5, 0.6) is 0 Å². The zero-order valence-electron chi connectivity index (χ0n) is 15.4. The third kappa shape index (κ3) is 3.42. The van der Waals surface area contributed by atoms with Crippen molar-refractivity contribution in [2.75, 3.05) is 13.1 Å². The first-order valence-electron chi connectivity index (χ1n) is 9.37. The van der Waals surface area contributed by atoms with Crippen molar-refractivity contribution in [2.24, 2.45) is 11.7 Å². The summed E-state index contributed by atoms with van der Waals surface area (Å²) in [4.78, 5) is 51.6. The minimum atomic E-state index is -2.49. The van der Waals surface area contributed by atoms with Crippen molar-refractivity contribution >= 4 is 23.6 Å². The van der Waals surface area contributed by atoms with Gasteiger partial charge in [-0.05, 0) is 24.1 Å². The molecule has 0 spiro atoms. The number of hydrogen-bond donors (Lipinski definition) is 2. The summed E-state index contributed by atoms with van der Waals surface area (Å²) < 4.78 is 26.0. The maximum Gasteiger partial charge on any atom is 0.262 e. The summed E-state index contributed by atoms with van der Waals surface area (Å²) in [5.74, 6) is -3.16. The van der Waals surface area contributed by atoms with Gasteiger partial charge in [-0.2, -0.15) is 0 Å². The van der Waals surface area contributed by atoms with Gasteiger partial charge >= 0.3 is 0 Å². The molecule has 3 aliphatic heterocycles. The van der Waals surface area contributed by atoms with Gasteiger partial charge in [0.25, 0.3) is 11.8 Å². The molecule has 1 aromatic carbocycles. The summed E-state index contributed by atoms with van der Waals surface area (Å²) in [6.07, 6.45) is -2.35. The Balaban J connectivity index is 1.52. The SMILES string of the molecule is N[C@@H]1CN(Cc2ccc3c(c2)C(=O)N(C2CCC(=O)NC2=O)C3=O)C[C@H]1C(F)F. The van der Waals surface area contributed by atoms with Gasteiger partial charge in [0, 0.05) is 38.0 Å². The molecule has 0 aromatic heterocycles. The summed E-state index contributed by atoms with van der Waals surface area (Å²) in [6.45, 7) is 0.802. The van der Waals surface area contributed by atoms with Crippen LogP contribution in [0.3, 0.4) is 0 Å². The standard InChI is InChI=1S/C19H20F2N4O4/c20-16(21)12-7-24(8-13(12)22)6-9-1-2-10-11(5-9)19(29)25(18(10)28)14-3-4-15(26)23-17(14)27/h1-2,5,12-14,16H,3-4,6-8,22H2,(H,23,26,27)/t12-,13-,14?/m1/s1. The Labute approximate surface area is 165 Å². The number of amides is 4. The number of carbonyl (C=O) groups excluding carboxylic acids is 4. The quantitative estimate of drug-likeness (QED) is 0.687. The second kappa shape index (κ2) is 7.27. The fourth-order valence-corrected chi connectivity index (χ4v) is 4.21. The van der Waals surface area contributed by atoms with Crippen LogP contribution in [-0.2, 0) is 16.1 Å². The van der Waals surface area contributed by atoms with Crippen molar-refractivity contribution in [1.29, 1.82) is 0 Å². The van der Waals surface area contributed by atoms with Crippen LogP contribution in [0.4, 0.5) is 8.78 Å². The molecular formula is C19H20F2N4O4. The first-order chi connectivity index (χ1) is 13.8. The van der Waals surface area contributed by atoms with Gasteiger partial charge in [-0.1, -0.05) is 6.07 Å². The van der Waals surface area contributed by atoms with Crippen LogP contribution >= 0.6 is 0 Å². The highest BCUT2D eigenvalue weighted by Gasteiger charge is 2.44. The molecule has 10 heteroatoms. The Morgan fingerprint density at radius 1 is 1.10 bits per heavy atom. The molecule has 0 bridgehead atoms. The Morgan fingerprint density at radius 2 is 1.83 bits per heavy atom. The van der Waals surface area contributed by atoms with Crippen molar-refractivity contribution in [3.8, 4) is 0 Å². The van der Waals surface area contributed by atoms with Crippen molar-refractivity contribution in [2.45, 2.75) is 37.9 Å². The third-order valence-corrected chi connectivity index (χ3v) is 5.72. The first-order valence-corrected chi connectivity index (χ1v) is 9.37. The fraction of sp³-hybridized carbons (Fsp3) is 0.474. The van der Waals surface area contributed by atoms with Gasteiger partial charge in [0.15, 0.2) is 0 Å². The third-order valence-electron chi connectivity index (χ3n) is 5.72. The number of nitrogens with zero attached hydrogens (tertiary/aromatic N) is 2. The van der Waals surface area contributed by atoms with E-state index in [2.05, 4.69) is 5.32 Å². The topological polar surface area (TPSA) is 113 Å². The Kier molecular flexibility index (Phi) is 4.91. The number of carbonyl (C=O) groups is 4. The van der Waals surface area contributed by atoms with E-state index in [4.69, 9.17) is 5.73 Å². The van der Waals surface area contributed by atoms with E-state index >= 15 is 0 Å². The number of piperidine rings is 1. The normalized spacial score (nSPS) is 27.7. The van der Waals surface area contributed by atoms with Crippen molar-refractivity contribution in [3.05, 3.63) is 34.9 Å². The Morgan fingerprint density at radius 3 is 2.48 bits per heavy atom. The fourth-order valence-electron chi connectivity index (χ4n) is 4.21. The molecule has 3 heterocycles. The number of hydrogen-bond acceptors (Lipinski definition) is 6. The monoisotopic (exact) mass is 406 g/mol. The molecule has 1 unspecified atom stereocenters. The summed E-state index contributed by atoms with van der Waals surface area (Å²) in [6, 6.07) is 3.10. The zero-order valence-corrected chi connectivity index (χ0v) is 15.4. The first kappa shape index (κ1) is 19.6. The van der Waals surface area contributed by atoms with E-state index in [1.54, 1.807) is 17.0 Å². The lowest BCUT2D eigenvalue weighted by Gasteiger charge is -2.27. The van der Waals surface area contributed by atoms with Crippen LogP contribution in [0.15, 0.2) is 18.2 Å². The van der Waals surface area contributed by atoms with Gasteiger partial charge in [0.2, 0.25) is 18.2 Å². The van der Waals surface area contributed by atoms with E-state index in [-0.39, 0.29) is 30.5 Å². The van der Waals surface area contributed by atoms with E-state index in [9.17, 15) is 28.0 Å². The van der Waals surface area contributed by atoms with Crippen LogP contribution in [0.2, 0.25) is 0 Å². The van der Waals surface area contributed by atoms with Crippen molar-refractivity contribution in [3.63, 3.8) is 0 Å². The van der Waals surface area contributed by atoms with E-state index in [1.165, 1.54) is 6.07 Å². The van der Waals surface area contributed by atoms with E-state index in [1.807, 2.05) is 0 Å². The number of benzene rings is 1. The van der Waals surface area contributed by atoms with Crippen LogP contribution in [0, 0.1) is 5.92 Å². The van der Waals surface area contributed by atoms with Crippen LogP contribution in [0.1, 0.15) is 39.1 Å². The van der Waals surface area contributed by atoms with E-state index in [0.29, 0.717) is 18.7 Å². The predicted octanol–water partition coefficient (Wildman–Crippen LogP) is 0.112. The molecule has 29 heavy (non-hydrogen) atoms. The number of imide groups is 2. The number of alkyl halides is 2. The highest BCUT2D eigenvalue weighted by atomic mass is 19.3. The zero-order chi connectivity index (χ0) is 20.9. The molecular weight excluding hydrogens is 386 g/mol. The maximum absolute atomic E-state index is 13.0. The van der Waals surface area contributed by atoms with Gasteiger partial charge in [-0.25, -0.2) is 8.78 Å². The highest BCUT2D eigenvalue weighted by Crippen LogP contribution is 2.29. The average Bonchev–Trinajstić information content (AvgIpc) is 3.14. The average molecular weight is 406 g/mol. The van der Waals surface area contributed by atoms with Crippen LogP contribution in [-0.4, -0.2) is 65.0 Å². The molecule has 8 nitrogen and oxygen atoms in total. The number of halogens is 2. The molecule has 3 N–H and O–H groups in total. The second-order valence-corrected chi connectivity index (χ2v) is 7.68.